The SMILES string of the molecule is CS(=O)(=O)N1CCC(NC(=O)CNCC2CC2)CC1. The molecule has 2 fully saturated rings. The summed E-state index contributed by atoms with van der Waals surface area (Å²) in [6.45, 7) is 2.29. The number of hydrogen-bond donors (Lipinski definition) is 2. The number of hydrogen-bond acceptors (Lipinski definition) is 4. The Morgan fingerprint density at radius 1 is 1.21 bits per heavy atom. The van der Waals surface area contributed by atoms with E-state index in [1.807, 2.05) is 0 Å². The first-order valence-electron chi connectivity index (χ1n) is 6.90. The summed E-state index contributed by atoms with van der Waals surface area (Å²) in [5.41, 5.74) is 0. The molecule has 1 amide bonds. The lowest BCUT2D eigenvalue weighted by Crippen LogP contribution is -2.48. The lowest BCUT2D eigenvalue weighted by Gasteiger charge is -2.30. The highest BCUT2D eigenvalue weighted by molar-refractivity contribution is 7.88. The smallest absolute Gasteiger partial charge is 0.234 e. The van der Waals surface area contributed by atoms with E-state index < -0.39 is 10.0 Å². The molecule has 1 aliphatic carbocycles. The van der Waals surface area contributed by atoms with Gasteiger partial charge in [0.1, 0.15) is 0 Å². The van der Waals surface area contributed by atoms with E-state index in [-0.39, 0.29) is 11.9 Å². The molecule has 0 atom stereocenters. The minimum absolute atomic E-state index is 0.0125. The van der Waals surface area contributed by atoms with Gasteiger partial charge >= 0.3 is 0 Å². The highest BCUT2D eigenvalue weighted by Crippen LogP contribution is 2.27. The molecular formula is C12H23N3O3S. The topological polar surface area (TPSA) is 78.5 Å². The van der Waals surface area contributed by atoms with Gasteiger partial charge in [-0.15, -0.1) is 0 Å². The van der Waals surface area contributed by atoms with Crippen molar-refractivity contribution in [1.82, 2.24) is 14.9 Å². The van der Waals surface area contributed by atoms with Gasteiger partial charge in [-0.05, 0) is 38.1 Å². The number of carbonyl (C=O) groups excluding carboxylic acids is 1. The molecule has 1 saturated heterocycles. The van der Waals surface area contributed by atoms with Crippen molar-refractivity contribution in [2.45, 2.75) is 31.7 Å². The molecule has 6 nitrogen and oxygen atoms in total. The Morgan fingerprint density at radius 2 is 1.84 bits per heavy atom. The second-order valence-electron chi connectivity index (χ2n) is 5.58. The maximum atomic E-state index is 11.7. The first-order chi connectivity index (χ1) is 8.95. The van der Waals surface area contributed by atoms with E-state index in [9.17, 15) is 13.2 Å². The zero-order chi connectivity index (χ0) is 13.9. The number of nitrogens with one attached hydrogen (secondary N) is 2. The highest BCUT2D eigenvalue weighted by atomic mass is 32.2. The van der Waals surface area contributed by atoms with E-state index >= 15 is 0 Å². The lowest BCUT2D eigenvalue weighted by atomic mass is 10.1. The minimum Gasteiger partial charge on any atom is -0.352 e. The van der Waals surface area contributed by atoms with Crippen LogP contribution in [-0.4, -0.2) is 57.1 Å². The molecular weight excluding hydrogens is 266 g/mol. The van der Waals surface area contributed by atoms with Crippen molar-refractivity contribution in [2.24, 2.45) is 5.92 Å². The van der Waals surface area contributed by atoms with Crippen molar-refractivity contribution in [3.63, 3.8) is 0 Å². The van der Waals surface area contributed by atoms with Crippen LogP contribution in [0.2, 0.25) is 0 Å². The van der Waals surface area contributed by atoms with Gasteiger partial charge in [-0.1, -0.05) is 0 Å². The quantitative estimate of drug-likeness (QED) is 0.693. The Morgan fingerprint density at radius 3 is 2.37 bits per heavy atom. The number of nitrogens with zero attached hydrogens (tertiary/aromatic N) is 1. The number of rotatable bonds is 6. The third-order valence-corrected chi connectivity index (χ3v) is 5.01. The molecule has 0 aromatic rings. The molecule has 0 aromatic heterocycles. The van der Waals surface area contributed by atoms with Crippen LogP contribution in [0.3, 0.4) is 0 Å². The first kappa shape index (κ1) is 14.7. The van der Waals surface area contributed by atoms with E-state index in [1.54, 1.807) is 0 Å². The van der Waals surface area contributed by atoms with E-state index in [2.05, 4.69) is 10.6 Å². The van der Waals surface area contributed by atoms with Crippen molar-refractivity contribution in [1.29, 1.82) is 0 Å². The molecule has 7 heteroatoms. The second kappa shape index (κ2) is 6.19. The predicted octanol–water partition coefficient (Wildman–Crippen LogP) is -0.474. The summed E-state index contributed by atoms with van der Waals surface area (Å²) < 4.78 is 24.2. The molecule has 19 heavy (non-hydrogen) atoms. The van der Waals surface area contributed by atoms with Crippen LogP contribution in [0.1, 0.15) is 25.7 Å². The highest BCUT2D eigenvalue weighted by Gasteiger charge is 2.26. The van der Waals surface area contributed by atoms with Crippen molar-refractivity contribution in [3.05, 3.63) is 0 Å². The van der Waals surface area contributed by atoms with Gasteiger partial charge in [0.15, 0.2) is 0 Å². The summed E-state index contributed by atoms with van der Waals surface area (Å²) >= 11 is 0. The van der Waals surface area contributed by atoms with Gasteiger partial charge < -0.3 is 10.6 Å². The fourth-order valence-electron chi connectivity index (χ4n) is 2.32. The molecule has 2 aliphatic rings. The molecule has 2 N–H and O–H groups in total. The van der Waals surface area contributed by atoms with Crippen LogP contribution in [0.25, 0.3) is 0 Å². The third kappa shape index (κ3) is 5.08. The van der Waals surface area contributed by atoms with E-state index in [1.165, 1.54) is 23.4 Å². The average molecular weight is 289 g/mol. The molecule has 0 unspecified atom stereocenters. The maximum absolute atomic E-state index is 11.7. The predicted molar refractivity (Wildman–Crippen MR) is 73.2 cm³/mol. The molecule has 1 aliphatic heterocycles. The Labute approximate surface area is 115 Å². The Bertz CT molecular complexity index is 412. The van der Waals surface area contributed by atoms with Crippen LogP contribution in [0.15, 0.2) is 0 Å². The normalized spacial score (nSPS) is 22.4. The van der Waals surface area contributed by atoms with Gasteiger partial charge in [-0.2, -0.15) is 0 Å². The molecule has 0 aromatic carbocycles. The van der Waals surface area contributed by atoms with E-state index in [0.29, 0.717) is 32.5 Å². The van der Waals surface area contributed by atoms with Crippen molar-refractivity contribution < 1.29 is 13.2 Å². The van der Waals surface area contributed by atoms with Crippen LogP contribution in [0.5, 0.6) is 0 Å². The summed E-state index contributed by atoms with van der Waals surface area (Å²) in [6, 6.07) is 0.105. The fourth-order valence-corrected chi connectivity index (χ4v) is 3.20. The van der Waals surface area contributed by atoms with Crippen molar-refractivity contribution in [2.75, 3.05) is 32.4 Å². The summed E-state index contributed by atoms with van der Waals surface area (Å²) in [7, 11) is -3.09. The number of piperidine rings is 1. The molecule has 1 saturated carbocycles. The standard InChI is InChI=1S/C12H23N3O3S/c1-19(17,18)15-6-4-11(5-7-15)14-12(16)9-13-8-10-2-3-10/h10-11,13H,2-9H2,1H3,(H,14,16). The van der Waals surface area contributed by atoms with Gasteiger partial charge in [0.05, 0.1) is 12.8 Å². The van der Waals surface area contributed by atoms with Crippen molar-refractivity contribution in [3.8, 4) is 0 Å². The molecule has 0 radical (unpaired) electrons. The summed E-state index contributed by atoms with van der Waals surface area (Å²) in [5.74, 6) is 0.782. The van der Waals surface area contributed by atoms with Gasteiger partial charge in [0.25, 0.3) is 0 Å². The van der Waals surface area contributed by atoms with Crippen LogP contribution in [-0.2, 0) is 14.8 Å². The first-order valence-corrected chi connectivity index (χ1v) is 8.75. The summed E-state index contributed by atoms with van der Waals surface area (Å²) in [5, 5.41) is 6.11. The van der Waals surface area contributed by atoms with Crippen molar-refractivity contribution >= 4 is 15.9 Å². The number of sulfonamides is 1. The molecule has 2 rings (SSSR count). The third-order valence-electron chi connectivity index (χ3n) is 3.70. The Kier molecular flexibility index (Phi) is 4.81. The van der Waals surface area contributed by atoms with Gasteiger partial charge in [0, 0.05) is 19.1 Å². The zero-order valence-corrected chi connectivity index (χ0v) is 12.2. The number of amides is 1. The molecule has 1 heterocycles. The summed E-state index contributed by atoms with van der Waals surface area (Å²) in [4.78, 5) is 11.7. The van der Waals surface area contributed by atoms with Gasteiger partial charge in [0.2, 0.25) is 15.9 Å². The van der Waals surface area contributed by atoms with Gasteiger partial charge in [-0.25, -0.2) is 12.7 Å². The van der Waals surface area contributed by atoms with Crippen LogP contribution >= 0.6 is 0 Å². The molecule has 0 bridgehead atoms. The Balaban J connectivity index is 1.62. The van der Waals surface area contributed by atoms with Crippen LogP contribution in [0.4, 0.5) is 0 Å². The average Bonchev–Trinajstić information content (AvgIpc) is 3.12. The lowest BCUT2D eigenvalue weighted by molar-refractivity contribution is -0.121. The Hall–Kier alpha value is -0.660. The summed E-state index contributed by atoms with van der Waals surface area (Å²) in [6.07, 6.45) is 5.17. The van der Waals surface area contributed by atoms with Crippen LogP contribution < -0.4 is 10.6 Å². The zero-order valence-electron chi connectivity index (χ0n) is 11.4. The fraction of sp³-hybridized carbons (Fsp3) is 0.917. The van der Waals surface area contributed by atoms with Gasteiger partial charge in [-0.3, -0.25) is 4.79 Å². The minimum atomic E-state index is -3.09. The van der Waals surface area contributed by atoms with Crippen LogP contribution in [0, 0.1) is 5.92 Å². The molecule has 110 valence electrons. The molecule has 0 spiro atoms. The maximum Gasteiger partial charge on any atom is 0.234 e. The van der Waals surface area contributed by atoms with E-state index in [0.717, 1.165) is 12.5 Å². The second-order valence-corrected chi connectivity index (χ2v) is 7.56. The largest absolute Gasteiger partial charge is 0.352 e. The number of carbonyl (C=O) groups is 1. The van der Waals surface area contributed by atoms with E-state index in [4.69, 9.17) is 0 Å². The monoisotopic (exact) mass is 289 g/mol.